The van der Waals surface area contributed by atoms with Gasteiger partial charge in [-0.05, 0) is 35.8 Å². The molecule has 0 aliphatic carbocycles. The summed E-state index contributed by atoms with van der Waals surface area (Å²) in [4.78, 5) is 20.5. The molecule has 0 radical (unpaired) electrons. The molecule has 8 heteroatoms. The van der Waals surface area contributed by atoms with Crippen molar-refractivity contribution >= 4 is 34.0 Å². The molecule has 0 bridgehead atoms. The molecule has 0 spiro atoms. The minimum Gasteiger partial charge on any atom is -0.467 e. The van der Waals surface area contributed by atoms with Crippen LogP contribution in [0.4, 0.5) is 5.69 Å². The molecular formula is C18H13N5O2S. The number of anilines is 1. The van der Waals surface area contributed by atoms with E-state index in [9.17, 15) is 4.79 Å². The van der Waals surface area contributed by atoms with E-state index >= 15 is 0 Å². The van der Waals surface area contributed by atoms with E-state index in [2.05, 4.69) is 24.9 Å². The Balaban J connectivity index is 1.44. The van der Waals surface area contributed by atoms with E-state index in [1.54, 1.807) is 6.07 Å². The maximum atomic E-state index is 12.2. The van der Waals surface area contributed by atoms with E-state index in [0.29, 0.717) is 11.6 Å². The number of aromatic nitrogens is 4. The Morgan fingerprint density at radius 2 is 2.04 bits per heavy atom. The smallest absolute Gasteiger partial charge is 0.262 e. The van der Waals surface area contributed by atoms with Crippen LogP contribution < -0.4 is 10.1 Å². The number of benzene rings is 2. The number of para-hydroxylation sites is 1. The molecule has 0 unspecified atom stereocenters. The number of hydrogen-bond donors (Lipinski definition) is 1. The van der Waals surface area contributed by atoms with E-state index in [1.165, 1.54) is 17.9 Å². The van der Waals surface area contributed by atoms with Crippen molar-refractivity contribution in [3.8, 4) is 17.1 Å². The number of fused-ring (bicyclic) bond motifs is 1. The first-order valence-electron chi connectivity index (χ1n) is 7.79. The van der Waals surface area contributed by atoms with Gasteiger partial charge in [0, 0.05) is 16.6 Å². The molecule has 7 nitrogen and oxygen atoms in total. The Morgan fingerprint density at radius 1 is 1.12 bits per heavy atom. The summed E-state index contributed by atoms with van der Waals surface area (Å²) in [5, 5.41) is 9.46. The number of ether oxygens (including phenoxy) is 1. The molecule has 4 aromatic rings. The van der Waals surface area contributed by atoms with Crippen LogP contribution in [0.25, 0.3) is 22.2 Å². The number of nitrogens with zero attached hydrogens (tertiary/aromatic N) is 4. The lowest BCUT2D eigenvalue weighted by Crippen LogP contribution is -2.20. The zero-order valence-corrected chi connectivity index (χ0v) is 14.3. The van der Waals surface area contributed by atoms with Crippen LogP contribution in [0.15, 0.2) is 60.2 Å². The number of carbonyl (C=O) groups excluding carboxylic acids is 1. The van der Waals surface area contributed by atoms with E-state index in [0.717, 1.165) is 22.2 Å². The van der Waals surface area contributed by atoms with Crippen LogP contribution >= 0.6 is 11.5 Å². The molecule has 0 fully saturated rings. The van der Waals surface area contributed by atoms with Crippen molar-refractivity contribution in [3.05, 3.63) is 60.2 Å². The highest BCUT2D eigenvalue weighted by atomic mass is 32.1. The molecule has 0 aliphatic heterocycles. The van der Waals surface area contributed by atoms with Gasteiger partial charge in [-0.15, -0.1) is 5.10 Å². The summed E-state index contributed by atoms with van der Waals surface area (Å²) in [7, 11) is 0. The Bertz CT molecular complexity index is 1050. The summed E-state index contributed by atoms with van der Waals surface area (Å²) < 4.78 is 9.42. The first-order chi connectivity index (χ1) is 12.8. The third-order valence-corrected chi connectivity index (χ3v) is 4.15. The minimum atomic E-state index is -0.277. The van der Waals surface area contributed by atoms with Gasteiger partial charge in [0.15, 0.2) is 6.61 Å². The van der Waals surface area contributed by atoms with Crippen molar-refractivity contribution in [1.29, 1.82) is 0 Å². The van der Waals surface area contributed by atoms with Gasteiger partial charge >= 0.3 is 0 Å². The van der Waals surface area contributed by atoms with Gasteiger partial charge in [-0.2, -0.15) is 0 Å². The van der Waals surface area contributed by atoms with Crippen LogP contribution in [0.3, 0.4) is 0 Å². The molecule has 0 aliphatic rings. The third-order valence-electron chi connectivity index (χ3n) is 3.65. The highest BCUT2D eigenvalue weighted by Gasteiger charge is 2.09. The average molecular weight is 363 g/mol. The number of nitrogens with one attached hydrogen (secondary N) is 1. The zero-order chi connectivity index (χ0) is 17.8. The van der Waals surface area contributed by atoms with E-state index in [-0.39, 0.29) is 12.5 Å². The first kappa shape index (κ1) is 16.1. The van der Waals surface area contributed by atoms with Crippen LogP contribution in [0.5, 0.6) is 5.88 Å². The lowest BCUT2D eigenvalue weighted by atomic mass is 10.1. The fraction of sp³-hybridized carbons (Fsp3) is 0.0556. The molecular weight excluding hydrogens is 350 g/mol. The van der Waals surface area contributed by atoms with E-state index < -0.39 is 0 Å². The van der Waals surface area contributed by atoms with Gasteiger partial charge in [0.25, 0.3) is 5.91 Å². The van der Waals surface area contributed by atoms with Gasteiger partial charge in [-0.3, -0.25) is 4.79 Å². The van der Waals surface area contributed by atoms with Gasteiger partial charge in [0.1, 0.15) is 12.0 Å². The summed E-state index contributed by atoms with van der Waals surface area (Å²) in [6.45, 7) is -0.149. The number of rotatable bonds is 5. The fourth-order valence-corrected chi connectivity index (χ4v) is 2.94. The lowest BCUT2D eigenvalue weighted by Gasteiger charge is -2.09. The molecule has 0 saturated heterocycles. The predicted molar refractivity (Wildman–Crippen MR) is 99.0 cm³/mol. The molecule has 2 aromatic heterocycles. The largest absolute Gasteiger partial charge is 0.467 e. The first-order valence-corrected chi connectivity index (χ1v) is 8.63. The van der Waals surface area contributed by atoms with E-state index in [4.69, 9.17) is 4.74 Å². The zero-order valence-electron chi connectivity index (χ0n) is 13.5. The van der Waals surface area contributed by atoms with Crippen molar-refractivity contribution < 1.29 is 9.53 Å². The summed E-state index contributed by atoms with van der Waals surface area (Å²) in [5.41, 5.74) is 3.09. The van der Waals surface area contributed by atoms with Crippen molar-refractivity contribution in [2.75, 3.05) is 11.9 Å². The van der Waals surface area contributed by atoms with Crippen LogP contribution in [0.2, 0.25) is 0 Å². The van der Waals surface area contributed by atoms with Crippen LogP contribution in [0.1, 0.15) is 0 Å². The van der Waals surface area contributed by atoms with Gasteiger partial charge in [0.2, 0.25) is 5.88 Å². The van der Waals surface area contributed by atoms with Gasteiger partial charge in [0.05, 0.1) is 10.9 Å². The van der Waals surface area contributed by atoms with Crippen molar-refractivity contribution in [3.63, 3.8) is 0 Å². The highest BCUT2D eigenvalue weighted by Crippen LogP contribution is 2.22. The van der Waals surface area contributed by atoms with Crippen LogP contribution in [0, 0.1) is 0 Å². The maximum Gasteiger partial charge on any atom is 0.262 e. The van der Waals surface area contributed by atoms with Crippen molar-refractivity contribution in [2.24, 2.45) is 0 Å². The fourth-order valence-electron chi connectivity index (χ4n) is 2.47. The molecule has 2 heterocycles. The second-order valence-electron chi connectivity index (χ2n) is 5.40. The third kappa shape index (κ3) is 3.50. The number of amides is 1. The summed E-state index contributed by atoms with van der Waals surface area (Å²) in [6, 6.07) is 14.9. The summed E-state index contributed by atoms with van der Waals surface area (Å²) in [6.07, 6.45) is 1.42. The summed E-state index contributed by atoms with van der Waals surface area (Å²) >= 11 is 1.28. The van der Waals surface area contributed by atoms with Gasteiger partial charge < -0.3 is 10.1 Å². The standard InChI is InChI=1S/C18H13N5O2S/c24-17(9-25-18-14-6-1-2-7-15(14)19-11-20-18)21-13-5-3-4-12(8-13)16-10-26-23-22-16/h1-8,10-11H,9H2,(H,21,24). The predicted octanol–water partition coefficient (Wildman–Crippen LogP) is 3.17. The molecule has 2 aromatic carbocycles. The molecule has 4 rings (SSSR count). The Labute approximate surface area is 152 Å². The maximum absolute atomic E-state index is 12.2. The Morgan fingerprint density at radius 3 is 2.92 bits per heavy atom. The molecule has 26 heavy (non-hydrogen) atoms. The average Bonchev–Trinajstić information content (AvgIpc) is 3.21. The molecule has 128 valence electrons. The van der Waals surface area contributed by atoms with Crippen molar-refractivity contribution in [2.45, 2.75) is 0 Å². The van der Waals surface area contributed by atoms with E-state index in [1.807, 2.05) is 47.8 Å². The van der Waals surface area contributed by atoms with Gasteiger partial charge in [-0.1, -0.05) is 28.8 Å². The minimum absolute atomic E-state index is 0.149. The Kier molecular flexibility index (Phi) is 4.48. The molecule has 1 N–H and O–H groups in total. The topological polar surface area (TPSA) is 89.9 Å². The molecule has 0 saturated carbocycles. The number of carbonyl (C=O) groups is 1. The quantitative estimate of drug-likeness (QED) is 0.586. The highest BCUT2D eigenvalue weighted by molar-refractivity contribution is 7.03. The van der Waals surface area contributed by atoms with Crippen LogP contribution in [-0.2, 0) is 4.79 Å². The second kappa shape index (κ2) is 7.24. The second-order valence-corrected chi connectivity index (χ2v) is 6.01. The lowest BCUT2D eigenvalue weighted by molar-refractivity contribution is -0.118. The molecule has 0 atom stereocenters. The van der Waals surface area contributed by atoms with Gasteiger partial charge in [-0.25, -0.2) is 9.97 Å². The normalized spacial score (nSPS) is 10.6. The van der Waals surface area contributed by atoms with Crippen LogP contribution in [-0.4, -0.2) is 32.1 Å². The monoisotopic (exact) mass is 363 g/mol. The SMILES string of the molecule is O=C(COc1ncnc2ccccc12)Nc1cccc(-c2csnn2)c1. The van der Waals surface area contributed by atoms with Crippen molar-refractivity contribution in [1.82, 2.24) is 19.6 Å². The Hall–Kier alpha value is -3.39. The number of hydrogen-bond acceptors (Lipinski definition) is 7. The summed E-state index contributed by atoms with van der Waals surface area (Å²) in [5.74, 6) is 0.106. The molecule has 1 amide bonds.